The van der Waals surface area contributed by atoms with Gasteiger partial charge in [-0.3, -0.25) is 15.0 Å². The number of nitrogen functional groups attached to an aromatic ring is 1. The molecule has 0 amide bonds. The molecule has 7 nitrogen and oxygen atoms in total. The third-order valence-electron chi connectivity index (χ3n) is 2.17. The van der Waals surface area contributed by atoms with E-state index in [-0.39, 0.29) is 0 Å². The van der Waals surface area contributed by atoms with Gasteiger partial charge < -0.3 is 11.1 Å². The lowest BCUT2D eigenvalue weighted by Crippen LogP contribution is -2.34. The van der Waals surface area contributed by atoms with Crippen LogP contribution in [-0.2, 0) is 6.54 Å². The number of guanidine groups is 1. The molecular formula is C10H17N7. The van der Waals surface area contributed by atoms with Gasteiger partial charge in [0, 0.05) is 26.3 Å². The van der Waals surface area contributed by atoms with Gasteiger partial charge in [-0.1, -0.05) is 0 Å². The average Bonchev–Trinajstić information content (AvgIpc) is 2.73. The second kappa shape index (κ2) is 7.11. The van der Waals surface area contributed by atoms with Crippen molar-refractivity contribution in [2.45, 2.75) is 19.4 Å². The third-order valence-corrected chi connectivity index (χ3v) is 2.17. The summed E-state index contributed by atoms with van der Waals surface area (Å²) in [7, 11) is 1.62. The van der Waals surface area contributed by atoms with E-state index in [1.165, 1.54) is 0 Å². The Morgan fingerprint density at radius 1 is 1.65 bits per heavy atom. The molecule has 0 aliphatic heterocycles. The summed E-state index contributed by atoms with van der Waals surface area (Å²) in [5.41, 5.74) is 5.50. The quantitative estimate of drug-likeness (QED) is 0.217. The van der Waals surface area contributed by atoms with Crippen LogP contribution in [0.2, 0.25) is 0 Å². The largest absolute Gasteiger partial charge is 0.382 e. The van der Waals surface area contributed by atoms with Crippen LogP contribution >= 0.6 is 0 Å². The van der Waals surface area contributed by atoms with E-state index in [0.29, 0.717) is 11.8 Å². The van der Waals surface area contributed by atoms with Crippen molar-refractivity contribution >= 4 is 11.8 Å². The first-order chi connectivity index (χ1) is 8.26. The van der Waals surface area contributed by atoms with Gasteiger partial charge >= 0.3 is 0 Å². The fourth-order valence-corrected chi connectivity index (χ4v) is 1.34. The summed E-state index contributed by atoms with van der Waals surface area (Å²) in [6.45, 7) is 1.60. The Kier molecular flexibility index (Phi) is 5.37. The zero-order chi connectivity index (χ0) is 12.5. The van der Waals surface area contributed by atoms with Crippen LogP contribution in [-0.4, -0.2) is 29.3 Å². The van der Waals surface area contributed by atoms with Crippen LogP contribution in [0.3, 0.4) is 0 Å². The van der Waals surface area contributed by atoms with E-state index in [9.17, 15) is 0 Å². The van der Waals surface area contributed by atoms with Crippen molar-refractivity contribution in [3.63, 3.8) is 0 Å². The lowest BCUT2D eigenvalue weighted by atomic mass is 10.3. The minimum Gasteiger partial charge on any atom is -0.382 e. The molecule has 0 radical (unpaired) electrons. The van der Waals surface area contributed by atoms with Gasteiger partial charge in [0.05, 0.1) is 0 Å². The summed E-state index contributed by atoms with van der Waals surface area (Å²) in [5, 5.41) is 18.0. The number of nitriles is 1. The number of nitrogens with one attached hydrogen (secondary N) is 2. The first-order valence-electron chi connectivity index (χ1n) is 5.41. The maximum atomic E-state index is 8.42. The van der Waals surface area contributed by atoms with Crippen LogP contribution in [0, 0.1) is 11.5 Å². The fraction of sp³-hybridized carbons (Fsp3) is 0.500. The number of aliphatic imine (C=N–C) groups is 1. The Morgan fingerprint density at radius 3 is 3.06 bits per heavy atom. The molecule has 4 N–H and O–H groups in total. The maximum Gasteiger partial charge on any atom is 0.204 e. The van der Waals surface area contributed by atoms with Crippen LogP contribution < -0.4 is 16.4 Å². The van der Waals surface area contributed by atoms with Crippen LogP contribution in [0.5, 0.6) is 0 Å². The summed E-state index contributed by atoms with van der Waals surface area (Å²) in [4.78, 5) is 3.87. The topological polar surface area (TPSA) is 104 Å². The van der Waals surface area contributed by atoms with Gasteiger partial charge in [0.2, 0.25) is 5.96 Å². The summed E-state index contributed by atoms with van der Waals surface area (Å²) >= 11 is 0. The third kappa shape index (κ3) is 4.88. The molecule has 0 unspecified atom stereocenters. The highest BCUT2D eigenvalue weighted by atomic mass is 15.3. The molecule has 1 rings (SSSR count). The molecule has 0 bridgehead atoms. The van der Waals surface area contributed by atoms with E-state index in [0.717, 1.165) is 25.9 Å². The number of anilines is 1. The van der Waals surface area contributed by atoms with E-state index in [1.54, 1.807) is 13.1 Å². The van der Waals surface area contributed by atoms with Gasteiger partial charge in [0.1, 0.15) is 5.82 Å². The van der Waals surface area contributed by atoms with Crippen molar-refractivity contribution in [2.24, 2.45) is 4.99 Å². The first kappa shape index (κ1) is 12.8. The number of nitrogens with two attached hydrogens (primary N) is 1. The van der Waals surface area contributed by atoms with Crippen molar-refractivity contribution in [2.75, 3.05) is 19.3 Å². The summed E-state index contributed by atoms with van der Waals surface area (Å²) in [6, 6.07) is 1.77. The molecule has 17 heavy (non-hydrogen) atoms. The fourth-order valence-electron chi connectivity index (χ4n) is 1.34. The standard InChI is InChI=1S/C10H17N7/c1-13-10(15-8-11)14-5-2-3-6-17-7-4-9(12)16-17/h4,7H,2-3,5-6H2,1H3,(H2,12,16)(H2,13,14,15). The van der Waals surface area contributed by atoms with E-state index < -0.39 is 0 Å². The van der Waals surface area contributed by atoms with Crippen LogP contribution in [0.4, 0.5) is 5.82 Å². The molecule has 0 atom stereocenters. The molecule has 1 aromatic rings. The van der Waals surface area contributed by atoms with Crippen LogP contribution in [0.1, 0.15) is 12.8 Å². The molecule has 0 aliphatic carbocycles. The molecule has 0 aliphatic rings. The SMILES string of the molecule is CN=C(NC#N)NCCCCn1ccc(N)n1. The Bertz CT molecular complexity index is 401. The lowest BCUT2D eigenvalue weighted by Gasteiger charge is -2.06. The van der Waals surface area contributed by atoms with Crippen molar-refractivity contribution in [1.29, 1.82) is 5.26 Å². The molecule has 0 saturated heterocycles. The highest BCUT2D eigenvalue weighted by Gasteiger charge is 1.96. The Labute approximate surface area is 100 Å². The molecule has 0 fully saturated rings. The minimum absolute atomic E-state index is 0.496. The predicted molar refractivity (Wildman–Crippen MR) is 66.0 cm³/mol. The summed E-state index contributed by atoms with van der Waals surface area (Å²) in [5.74, 6) is 1.04. The van der Waals surface area contributed by atoms with Crippen molar-refractivity contribution in [3.8, 4) is 6.19 Å². The zero-order valence-corrected chi connectivity index (χ0v) is 9.85. The highest BCUT2D eigenvalue weighted by molar-refractivity contribution is 5.80. The number of nitrogens with zero attached hydrogens (tertiary/aromatic N) is 4. The second-order valence-corrected chi connectivity index (χ2v) is 3.45. The van der Waals surface area contributed by atoms with E-state index in [4.69, 9.17) is 11.0 Å². The Morgan fingerprint density at radius 2 is 2.47 bits per heavy atom. The van der Waals surface area contributed by atoms with Gasteiger partial charge in [-0.25, -0.2) is 0 Å². The molecule has 1 aromatic heterocycles. The predicted octanol–water partition coefficient (Wildman–Crippen LogP) is -0.108. The molecule has 7 heteroatoms. The Balaban J connectivity index is 2.11. The van der Waals surface area contributed by atoms with Gasteiger partial charge in [-0.05, 0) is 18.9 Å². The Hall–Kier alpha value is -2.23. The highest BCUT2D eigenvalue weighted by Crippen LogP contribution is 1.98. The molecule has 92 valence electrons. The van der Waals surface area contributed by atoms with E-state index in [2.05, 4.69) is 20.7 Å². The number of hydrogen-bond acceptors (Lipinski definition) is 4. The van der Waals surface area contributed by atoms with Crippen molar-refractivity contribution in [3.05, 3.63) is 12.3 Å². The van der Waals surface area contributed by atoms with Gasteiger partial charge in [-0.15, -0.1) is 0 Å². The maximum absolute atomic E-state index is 8.42. The molecule has 1 heterocycles. The van der Waals surface area contributed by atoms with E-state index in [1.807, 2.05) is 17.1 Å². The number of unbranched alkanes of at least 4 members (excludes halogenated alkanes) is 1. The number of rotatable bonds is 5. The summed E-state index contributed by atoms with van der Waals surface area (Å²) in [6.07, 6.45) is 5.62. The number of aryl methyl sites for hydroxylation is 1. The molecule has 0 aromatic carbocycles. The monoisotopic (exact) mass is 235 g/mol. The minimum atomic E-state index is 0.496. The van der Waals surface area contributed by atoms with Gasteiger partial charge in [0.15, 0.2) is 6.19 Å². The normalized spacial score (nSPS) is 10.9. The van der Waals surface area contributed by atoms with Gasteiger partial charge in [0.25, 0.3) is 0 Å². The molecular weight excluding hydrogens is 218 g/mol. The lowest BCUT2D eigenvalue weighted by molar-refractivity contribution is 0.555. The molecule has 0 spiro atoms. The van der Waals surface area contributed by atoms with E-state index >= 15 is 0 Å². The van der Waals surface area contributed by atoms with Crippen molar-refractivity contribution in [1.82, 2.24) is 20.4 Å². The second-order valence-electron chi connectivity index (χ2n) is 3.45. The van der Waals surface area contributed by atoms with Gasteiger partial charge in [-0.2, -0.15) is 10.4 Å². The number of aromatic nitrogens is 2. The first-order valence-corrected chi connectivity index (χ1v) is 5.41. The summed E-state index contributed by atoms with van der Waals surface area (Å²) < 4.78 is 1.82. The van der Waals surface area contributed by atoms with Crippen LogP contribution in [0.25, 0.3) is 0 Å². The number of hydrogen-bond donors (Lipinski definition) is 3. The van der Waals surface area contributed by atoms with Crippen molar-refractivity contribution < 1.29 is 0 Å². The average molecular weight is 235 g/mol. The van der Waals surface area contributed by atoms with Crippen LogP contribution in [0.15, 0.2) is 17.3 Å². The molecule has 0 saturated carbocycles. The zero-order valence-electron chi connectivity index (χ0n) is 9.85. The smallest absolute Gasteiger partial charge is 0.204 e.